The molecule has 1 aliphatic carbocycles. The van der Waals surface area contributed by atoms with Crippen LogP contribution >= 0.6 is 0 Å². The number of methoxy groups -OCH3 is 1. The summed E-state index contributed by atoms with van der Waals surface area (Å²) in [5, 5.41) is 3.07. The fraction of sp³-hybridized carbons (Fsp3) is 0.857. The third-order valence-electron chi connectivity index (χ3n) is 1.99. The van der Waals surface area contributed by atoms with Crippen LogP contribution in [0.3, 0.4) is 0 Å². The van der Waals surface area contributed by atoms with Crippen LogP contribution in [-0.4, -0.2) is 31.7 Å². The smallest absolute Gasteiger partial charge is 0.237 e. The molecule has 0 saturated heterocycles. The van der Waals surface area contributed by atoms with Gasteiger partial charge in [-0.2, -0.15) is 0 Å². The van der Waals surface area contributed by atoms with E-state index in [1.807, 2.05) is 0 Å². The van der Waals surface area contributed by atoms with Crippen LogP contribution < -0.4 is 11.1 Å². The van der Waals surface area contributed by atoms with Gasteiger partial charge in [0.2, 0.25) is 5.91 Å². The Labute approximate surface area is 66.1 Å². The highest BCUT2D eigenvalue weighted by Crippen LogP contribution is 2.34. The summed E-state index contributed by atoms with van der Waals surface area (Å²) in [6.07, 6.45) is 1.73. The number of rotatable bonds is 5. The summed E-state index contributed by atoms with van der Waals surface area (Å²) < 4.78 is 4.83. The molecule has 1 amide bonds. The molecule has 1 saturated carbocycles. The first kappa shape index (κ1) is 8.49. The molecule has 0 bridgehead atoms. The molecular weight excluding hydrogens is 144 g/mol. The van der Waals surface area contributed by atoms with Gasteiger partial charge in [-0.05, 0) is 12.8 Å². The Morgan fingerprint density at radius 1 is 1.73 bits per heavy atom. The van der Waals surface area contributed by atoms with Crippen molar-refractivity contribution in [2.45, 2.75) is 18.4 Å². The Balaban J connectivity index is 2.20. The van der Waals surface area contributed by atoms with Crippen LogP contribution in [-0.2, 0) is 9.53 Å². The largest absolute Gasteiger partial charge is 0.383 e. The monoisotopic (exact) mass is 158 g/mol. The Kier molecular flexibility index (Phi) is 2.46. The number of primary amides is 1. The Morgan fingerprint density at radius 2 is 2.36 bits per heavy atom. The van der Waals surface area contributed by atoms with Gasteiger partial charge in [-0.25, -0.2) is 0 Å². The minimum absolute atomic E-state index is 0.242. The molecule has 0 spiro atoms. The second-order valence-corrected chi connectivity index (χ2v) is 2.87. The average molecular weight is 158 g/mol. The number of amides is 1. The first-order valence-electron chi connectivity index (χ1n) is 3.75. The van der Waals surface area contributed by atoms with Crippen LogP contribution in [0.25, 0.3) is 0 Å². The zero-order valence-electron chi connectivity index (χ0n) is 6.72. The van der Waals surface area contributed by atoms with E-state index in [1.165, 1.54) is 0 Å². The van der Waals surface area contributed by atoms with Gasteiger partial charge in [0.05, 0.1) is 12.1 Å². The summed E-state index contributed by atoms with van der Waals surface area (Å²) in [6, 6.07) is 0. The van der Waals surface area contributed by atoms with Gasteiger partial charge in [0.25, 0.3) is 0 Å². The highest BCUT2D eigenvalue weighted by molar-refractivity contribution is 5.87. The Hall–Kier alpha value is -0.610. The maximum Gasteiger partial charge on any atom is 0.237 e. The summed E-state index contributed by atoms with van der Waals surface area (Å²) in [4.78, 5) is 10.8. The highest BCUT2D eigenvalue weighted by Gasteiger charge is 2.47. The molecule has 0 heterocycles. The maximum atomic E-state index is 10.8. The highest BCUT2D eigenvalue weighted by atomic mass is 16.5. The van der Waals surface area contributed by atoms with Crippen molar-refractivity contribution in [1.29, 1.82) is 0 Å². The zero-order valence-corrected chi connectivity index (χ0v) is 6.72. The van der Waals surface area contributed by atoms with Crippen molar-refractivity contribution in [3.8, 4) is 0 Å². The van der Waals surface area contributed by atoms with Gasteiger partial charge in [0.15, 0.2) is 0 Å². The number of ether oxygens (including phenoxy) is 1. The van der Waals surface area contributed by atoms with Crippen molar-refractivity contribution in [2.24, 2.45) is 5.73 Å². The summed E-state index contributed by atoms with van der Waals surface area (Å²) in [5.41, 5.74) is 4.78. The second kappa shape index (κ2) is 3.19. The van der Waals surface area contributed by atoms with E-state index in [4.69, 9.17) is 10.5 Å². The standard InChI is InChI=1S/C7H14N2O2/c1-11-5-4-9-7(2-3-7)6(8)10/h9H,2-5H2,1H3,(H2,8,10). The number of hydrogen-bond donors (Lipinski definition) is 2. The number of carbonyl (C=O) groups is 1. The topological polar surface area (TPSA) is 64.3 Å². The van der Waals surface area contributed by atoms with E-state index in [1.54, 1.807) is 7.11 Å². The molecule has 0 radical (unpaired) electrons. The molecule has 0 aromatic rings. The molecule has 0 unspecified atom stereocenters. The van der Waals surface area contributed by atoms with Crippen molar-refractivity contribution in [3.05, 3.63) is 0 Å². The lowest BCUT2D eigenvalue weighted by molar-refractivity contribution is -0.121. The van der Waals surface area contributed by atoms with Crippen molar-refractivity contribution in [2.75, 3.05) is 20.3 Å². The van der Waals surface area contributed by atoms with E-state index in [9.17, 15) is 4.79 Å². The molecule has 0 aromatic carbocycles. The quantitative estimate of drug-likeness (QED) is 0.517. The van der Waals surface area contributed by atoms with E-state index in [0.717, 1.165) is 12.8 Å². The average Bonchev–Trinajstić information content (AvgIpc) is 2.70. The summed E-state index contributed by atoms with van der Waals surface area (Å²) in [6.45, 7) is 1.31. The minimum atomic E-state index is -0.390. The van der Waals surface area contributed by atoms with Crippen molar-refractivity contribution < 1.29 is 9.53 Å². The van der Waals surface area contributed by atoms with E-state index in [2.05, 4.69) is 5.32 Å². The van der Waals surface area contributed by atoms with Crippen LogP contribution in [0.2, 0.25) is 0 Å². The van der Waals surface area contributed by atoms with Crippen LogP contribution in [0.4, 0.5) is 0 Å². The molecule has 1 aliphatic rings. The fourth-order valence-corrected chi connectivity index (χ4v) is 1.03. The third-order valence-corrected chi connectivity index (χ3v) is 1.99. The van der Waals surface area contributed by atoms with Crippen molar-refractivity contribution >= 4 is 5.91 Å². The van der Waals surface area contributed by atoms with Gasteiger partial charge in [-0.1, -0.05) is 0 Å². The van der Waals surface area contributed by atoms with Crippen LogP contribution in [0.15, 0.2) is 0 Å². The first-order chi connectivity index (χ1) is 5.21. The minimum Gasteiger partial charge on any atom is -0.383 e. The van der Waals surface area contributed by atoms with Crippen LogP contribution in [0.1, 0.15) is 12.8 Å². The number of nitrogens with two attached hydrogens (primary N) is 1. The van der Waals surface area contributed by atoms with Crippen LogP contribution in [0, 0.1) is 0 Å². The lowest BCUT2D eigenvalue weighted by Gasteiger charge is -2.11. The van der Waals surface area contributed by atoms with Gasteiger partial charge in [0, 0.05) is 13.7 Å². The van der Waals surface area contributed by atoms with Gasteiger partial charge >= 0.3 is 0 Å². The van der Waals surface area contributed by atoms with Crippen LogP contribution in [0.5, 0.6) is 0 Å². The lowest BCUT2D eigenvalue weighted by Crippen LogP contribution is -2.44. The molecular formula is C7H14N2O2. The second-order valence-electron chi connectivity index (χ2n) is 2.87. The molecule has 11 heavy (non-hydrogen) atoms. The Bertz CT molecular complexity index is 155. The van der Waals surface area contributed by atoms with Gasteiger partial charge in [-0.3, -0.25) is 4.79 Å². The van der Waals surface area contributed by atoms with Gasteiger partial charge in [-0.15, -0.1) is 0 Å². The number of nitrogens with one attached hydrogen (secondary N) is 1. The predicted molar refractivity (Wildman–Crippen MR) is 41.0 cm³/mol. The van der Waals surface area contributed by atoms with Crippen molar-refractivity contribution in [3.63, 3.8) is 0 Å². The fourth-order valence-electron chi connectivity index (χ4n) is 1.03. The number of carbonyl (C=O) groups excluding carboxylic acids is 1. The lowest BCUT2D eigenvalue weighted by atomic mass is 10.2. The molecule has 0 atom stereocenters. The normalized spacial score (nSPS) is 19.7. The zero-order chi connectivity index (χ0) is 8.32. The molecule has 3 N–H and O–H groups in total. The molecule has 1 rings (SSSR count). The molecule has 64 valence electrons. The SMILES string of the molecule is COCCNC1(C(N)=O)CC1. The predicted octanol–water partition coefficient (Wildman–Crippen LogP) is -0.760. The molecule has 0 aromatic heterocycles. The Morgan fingerprint density at radius 3 is 2.73 bits per heavy atom. The van der Waals surface area contributed by atoms with E-state index in [0.29, 0.717) is 13.2 Å². The summed E-state index contributed by atoms with van der Waals surface area (Å²) >= 11 is 0. The van der Waals surface area contributed by atoms with E-state index < -0.39 is 5.54 Å². The maximum absolute atomic E-state index is 10.8. The molecule has 0 aliphatic heterocycles. The van der Waals surface area contributed by atoms with E-state index in [-0.39, 0.29) is 5.91 Å². The number of hydrogen-bond acceptors (Lipinski definition) is 3. The van der Waals surface area contributed by atoms with Crippen molar-refractivity contribution in [1.82, 2.24) is 5.32 Å². The van der Waals surface area contributed by atoms with Gasteiger partial charge in [0.1, 0.15) is 0 Å². The summed E-state index contributed by atoms with van der Waals surface area (Å²) in [7, 11) is 1.63. The first-order valence-corrected chi connectivity index (χ1v) is 3.75. The molecule has 4 nitrogen and oxygen atoms in total. The summed E-state index contributed by atoms with van der Waals surface area (Å²) in [5.74, 6) is -0.242. The van der Waals surface area contributed by atoms with Gasteiger partial charge < -0.3 is 15.8 Å². The molecule has 4 heteroatoms. The third kappa shape index (κ3) is 1.91. The van der Waals surface area contributed by atoms with E-state index >= 15 is 0 Å². The molecule has 1 fully saturated rings.